The number of rotatable bonds is 2. The summed E-state index contributed by atoms with van der Waals surface area (Å²) in [5, 5.41) is 12.5. The fourth-order valence-corrected chi connectivity index (χ4v) is 2.26. The van der Waals surface area contributed by atoms with Gasteiger partial charge in [0.1, 0.15) is 6.04 Å². The van der Waals surface area contributed by atoms with Crippen molar-refractivity contribution in [2.45, 2.75) is 37.5 Å². The summed E-state index contributed by atoms with van der Waals surface area (Å²) < 4.78 is 0. The summed E-state index contributed by atoms with van der Waals surface area (Å²) in [6.45, 7) is 1.11. The zero-order chi connectivity index (χ0) is 10.8. The van der Waals surface area contributed by atoms with Gasteiger partial charge in [0.15, 0.2) is 0 Å². The van der Waals surface area contributed by atoms with Crippen LogP contribution in [0.25, 0.3) is 0 Å². The molecular weight excluding hydrogens is 196 g/mol. The first-order valence-electron chi connectivity index (χ1n) is 5.32. The number of amides is 1. The first-order valence-corrected chi connectivity index (χ1v) is 5.32. The van der Waals surface area contributed by atoms with Crippen molar-refractivity contribution in [1.82, 2.24) is 10.2 Å². The minimum Gasteiger partial charge on any atom is -0.391 e. The largest absolute Gasteiger partial charge is 0.391 e. The Balaban J connectivity index is 2.02. The van der Waals surface area contributed by atoms with Crippen LogP contribution >= 0.6 is 0 Å². The molecule has 0 bridgehead atoms. The maximum absolute atomic E-state index is 11.9. The number of aliphatic hydroxyl groups excluding tert-OH is 1. The van der Waals surface area contributed by atoms with Crippen molar-refractivity contribution in [2.24, 2.45) is 0 Å². The average Bonchev–Trinajstić information content (AvgIpc) is 2.84. The average molecular weight is 211 g/mol. The minimum absolute atomic E-state index is 0.0719. The van der Waals surface area contributed by atoms with Gasteiger partial charge in [-0.3, -0.25) is 9.59 Å². The fourth-order valence-electron chi connectivity index (χ4n) is 2.26. The van der Waals surface area contributed by atoms with Crippen LogP contribution in [0.15, 0.2) is 0 Å². The monoisotopic (exact) mass is 211 g/mol. The third-order valence-corrected chi connectivity index (χ3v) is 3.06. The van der Waals surface area contributed by atoms with Crippen molar-refractivity contribution in [3.63, 3.8) is 0 Å². The highest BCUT2D eigenvalue weighted by Crippen LogP contribution is 2.19. The number of nitrogens with zero attached hydrogens (tertiary/aromatic N) is 1. The zero-order valence-corrected chi connectivity index (χ0v) is 8.48. The van der Waals surface area contributed by atoms with E-state index in [-0.39, 0.29) is 18.5 Å². The third-order valence-electron chi connectivity index (χ3n) is 3.06. The predicted octanol–water partition coefficient (Wildman–Crippen LogP) is -1.19. The van der Waals surface area contributed by atoms with Gasteiger partial charge in [-0.1, -0.05) is 0 Å². The van der Waals surface area contributed by atoms with E-state index in [9.17, 15) is 14.7 Å². The molecule has 2 aliphatic heterocycles. The van der Waals surface area contributed by atoms with Gasteiger partial charge < -0.3 is 15.3 Å². The van der Waals surface area contributed by atoms with Crippen LogP contribution in [-0.4, -0.2) is 53.5 Å². The highest BCUT2D eigenvalue weighted by Gasteiger charge is 2.38. The summed E-state index contributed by atoms with van der Waals surface area (Å²) in [5.41, 5.74) is 0. The van der Waals surface area contributed by atoms with Crippen LogP contribution in [0.1, 0.15) is 19.3 Å². The lowest BCUT2D eigenvalue weighted by Gasteiger charge is -2.23. The van der Waals surface area contributed by atoms with Gasteiger partial charge in [-0.25, -0.2) is 0 Å². The van der Waals surface area contributed by atoms with Gasteiger partial charge in [0.05, 0.1) is 12.1 Å². The molecule has 1 amide bonds. The van der Waals surface area contributed by atoms with E-state index in [4.69, 9.17) is 0 Å². The molecule has 1 unspecified atom stereocenters. The highest BCUT2D eigenvalue weighted by molar-refractivity contribution is 5.85. The van der Waals surface area contributed by atoms with E-state index in [0.717, 1.165) is 19.4 Å². The van der Waals surface area contributed by atoms with E-state index in [1.165, 1.54) is 4.90 Å². The molecule has 2 rings (SSSR count). The normalized spacial score (nSPS) is 35.8. The van der Waals surface area contributed by atoms with Crippen LogP contribution in [-0.2, 0) is 9.59 Å². The standard InChI is InChI=1S/C10H15N2O3/c13-6-7-4-8(14)5-12(7)10(15)9-2-1-3-11-9/h7-9,11,14H,1-5H2/t7-,8?,9-/m0/s1. The van der Waals surface area contributed by atoms with Crippen molar-refractivity contribution in [3.8, 4) is 0 Å². The van der Waals surface area contributed by atoms with Crippen LogP contribution < -0.4 is 5.32 Å². The summed E-state index contributed by atoms with van der Waals surface area (Å²) in [7, 11) is 0. The van der Waals surface area contributed by atoms with E-state index in [1.54, 1.807) is 0 Å². The van der Waals surface area contributed by atoms with Gasteiger partial charge in [-0.15, -0.1) is 0 Å². The van der Waals surface area contributed by atoms with E-state index < -0.39 is 12.1 Å². The summed E-state index contributed by atoms with van der Waals surface area (Å²) in [6, 6.07) is -0.735. The second-order valence-corrected chi connectivity index (χ2v) is 4.16. The Kier molecular flexibility index (Phi) is 3.02. The Hall–Kier alpha value is -0.940. The molecule has 15 heavy (non-hydrogen) atoms. The quantitative estimate of drug-likeness (QED) is 0.602. The molecule has 2 saturated heterocycles. The smallest absolute Gasteiger partial charge is 0.240 e. The van der Waals surface area contributed by atoms with Gasteiger partial charge in [0.2, 0.25) is 12.2 Å². The Bertz CT molecular complexity index is 263. The Morgan fingerprint density at radius 3 is 2.93 bits per heavy atom. The Morgan fingerprint density at radius 1 is 1.53 bits per heavy atom. The lowest BCUT2D eigenvalue weighted by Crippen LogP contribution is -2.46. The topological polar surface area (TPSA) is 69.6 Å². The van der Waals surface area contributed by atoms with Crippen molar-refractivity contribution in [3.05, 3.63) is 0 Å². The number of carbonyl (C=O) groups excluding carboxylic acids is 2. The van der Waals surface area contributed by atoms with Gasteiger partial charge in [-0.05, 0) is 19.4 Å². The second-order valence-electron chi connectivity index (χ2n) is 4.16. The molecule has 2 heterocycles. The summed E-state index contributed by atoms with van der Waals surface area (Å²) >= 11 is 0. The summed E-state index contributed by atoms with van der Waals surface area (Å²) in [5.74, 6) is -0.0719. The molecule has 5 heteroatoms. The maximum Gasteiger partial charge on any atom is 0.240 e. The highest BCUT2D eigenvalue weighted by atomic mass is 16.3. The molecule has 0 aromatic rings. The van der Waals surface area contributed by atoms with E-state index in [0.29, 0.717) is 6.42 Å². The maximum atomic E-state index is 11.9. The number of β-amino-alcohol motifs (C(OH)–C–C–N with tert-alkyl or cyclic N) is 1. The molecule has 0 spiro atoms. The van der Waals surface area contributed by atoms with Crippen molar-refractivity contribution in [1.29, 1.82) is 0 Å². The number of carbonyl (C=O) groups is 1. The molecule has 1 radical (unpaired) electrons. The van der Waals surface area contributed by atoms with Crippen LogP contribution in [0.3, 0.4) is 0 Å². The Morgan fingerprint density at radius 2 is 2.33 bits per heavy atom. The van der Waals surface area contributed by atoms with Gasteiger partial charge in [0.25, 0.3) is 0 Å². The van der Waals surface area contributed by atoms with Crippen LogP contribution in [0, 0.1) is 0 Å². The lowest BCUT2D eigenvalue weighted by atomic mass is 10.2. The molecular formula is C10H15N2O3. The molecule has 83 valence electrons. The van der Waals surface area contributed by atoms with E-state index >= 15 is 0 Å². The van der Waals surface area contributed by atoms with Gasteiger partial charge in [-0.2, -0.15) is 0 Å². The van der Waals surface area contributed by atoms with E-state index in [1.807, 2.05) is 6.29 Å². The molecule has 0 aromatic carbocycles. The molecule has 0 aromatic heterocycles. The Labute approximate surface area is 88.4 Å². The molecule has 3 atom stereocenters. The predicted molar refractivity (Wildman–Crippen MR) is 52.8 cm³/mol. The molecule has 0 saturated carbocycles. The van der Waals surface area contributed by atoms with Crippen LogP contribution in [0.2, 0.25) is 0 Å². The van der Waals surface area contributed by atoms with Gasteiger partial charge in [0, 0.05) is 13.0 Å². The summed E-state index contributed by atoms with van der Waals surface area (Å²) in [4.78, 5) is 24.0. The fraction of sp³-hybridized carbons (Fsp3) is 0.800. The summed E-state index contributed by atoms with van der Waals surface area (Å²) in [6.07, 6.45) is 3.36. The SMILES string of the molecule is O=[C][C@@H]1CC(O)CN1C(=O)[C@@H]1CCCN1. The molecule has 2 N–H and O–H groups in total. The van der Waals surface area contributed by atoms with Crippen LogP contribution in [0.4, 0.5) is 0 Å². The molecule has 2 fully saturated rings. The van der Waals surface area contributed by atoms with Gasteiger partial charge >= 0.3 is 0 Å². The van der Waals surface area contributed by atoms with E-state index in [2.05, 4.69) is 5.32 Å². The molecule has 2 aliphatic rings. The number of hydrogen-bond donors (Lipinski definition) is 2. The zero-order valence-electron chi connectivity index (χ0n) is 8.48. The molecule has 5 nitrogen and oxygen atoms in total. The molecule has 0 aliphatic carbocycles. The number of nitrogens with one attached hydrogen (secondary N) is 1. The first-order chi connectivity index (χ1) is 7.22. The van der Waals surface area contributed by atoms with Crippen molar-refractivity contribution in [2.75, 3.05) is 13.1 Å². The number of likely N-dealkylation sites (tertiary alicyclic amines) is 1. The van der Waals surface area contributed by atoms with Crippen LogP contribution in [0.5, 0.6) is 0 Å². The first kappa shape index (κ1) is 10.6. The second kappa shape index (κ2) is 4.28. The number of hydrogen-bond acceptors (Lipinski definition) is 4. The van der Waals surface area contributed by atoms with Crippen molar-refractivity contribution >= 4 is 12.2 Å². The third kappa shape index (κ3) is 2.03. The van der Waals surface area contributed by atoms with Crippen molar-refractivity contribution < 1.29 is 14.7 Å². The lowest BCUT2D eigenvalue weighted by molar-refractivity contribution is -0.133. The number of aliphatic hydroxyl groups is 1. The minimum atomic E-state index is -0.582.